The number of nitrogens with zero attached hydrogens (tertiary/aromatic N) is 1. The van der Waals surface area contributed by atoms with Crippen LogP contribution in [0.4, 0.5) is 0 Å². The number of hydrogen-bond acceptors (Lipinski definition) is 2. The minimum Gasteiger partial charge on any atom is -0.316 e. The lowest BCUT2D eigenvalue weighted by Gasteiger charge is -2.35. The maximum atomic E-state index is 3.55. The molecule has 0 radical (unpaired) electrons. The summed E-state index contributed by atoms with van der Waals surface area (Å²) in [6.07, 6.45) is 8.33. The SMILES string of the molecule is CCCC(C)(CNCC)CN1CCCCCC1. The summed E-state index contributed by atoms with van der Waals surface area (Å²) in [4.78, 5) is 2.71. The molecule has 1 aliphatic rings. The molecule has 0 aromatic heterocycles. The smallest absolute Gasteiger partial charge is 0.00475 e. The minimum absolute atomic E-state index is 0.467. The Morgan fingerprint density at radius 2 is 1.71 bits per heavy atom. The highest BCUT2D eigenvalue weighted by atomic mass is 15.1. The highest BCUT2D eigenvalue weighted by molar-refractivity contribution is 4.81. The highest BCUT2D eigenvalue weighted by Crippen LogP contribution is 2.25. The van der Waals surface area contributed by atoms with Crippen LogP contribution in [0.25, 0.3) is 0 Å². The molecule has 0 aliphatic carbocycles. The van der Waals surface area contributed by atoms with Crippen LogP contribution in [-0.2, 0) is 0 Å². The van der Waals surface area contributed by atoms with Crippen molar-refractivity contribution in [3.05, 3.63) is 0 Å². The molecule has 1 N–H and O–H groups in total. The van der Waals surface area contributed by atoms with Gasteiger partial charge in [0, 0.05) is 13.1 Å². The lowest BCUT2D eigenvalue weighted by atomic mass is 9.84. The molecule has 1 rings (SSSR count). The van der Waals surface area contributed by atoms with E-state index in [0.717, 1.165) is 6.54 Å². The summed E-state index contributed by atoms with van der Waals surface area (Å²) >= 11 is 0. The van der Waals surface area contributed by atoms with E-state index in [-0.39, 0.29) is 0 Å². The Balaban J connectivity index is 2.44. The van der Waals surface area contributed by atoms with Gasteiger partial charge in [0.1, 0.15) is 0 Å². The summed E-state index contributed by atoms with van der Waals surface area (Å²) in [5.74, 6) is 0. The number of likely N-dealkylation sites (tertiary alicyclic amines) is 1. The van der Waals surface area contributed by atoms with Crippen molar-refractivity contribution in [3.8, 4) is 0 Å². The fourth-order valence-corrected chi connectivity index (χ4v) is 3.09. The van der Waals surface area contributed by atoms with Crippen LogP contribution in [-0.4, -0.2) is 37.6 Å². The lowest BCUT2D eigenvalue weighted by Crippen LogP contribution is -2.42. The molecule has 1 aliphatic heterocycles. The van der Waals surface area contributed by atoms with Gasteiger partial charge in [-0.3, -0.25) is 0 Å². The summed E-state index contributed by atoms with van der Waals surface area (Å²) in [5.41, 5.74) is 0.467. The van der Waals surface area contributed by atoms with Crippen molar-refractivity contribution in [3.63, 3.8) is 0 Å². The van der Waals surface area contributed by atoms with E-state index in [9.17, 15) is 0 Å². The van der Waals surface area contributed by atoms with Crippen molar-refractivity contribution in [1.29, 1.82) is 0 Å². The zero-order valence-corrected chi connectivity index (χ0v) is 12.2. The van der Waals surface area contributed by atoms with Crippen molar-refractivity contribution in [1.82, 2.24) is 10.2 Å². The highest BCUT2D eigenvalue weighted by Gasteiger charge is 2.26. The Bertz CT molecular complexity index is 185. The van der Waals surface area contributed by atoms with Gasteiger partial charge < -0.3 is 10.2 Å². The summed E-state index contributed by atoms with van der Waals surface area (Å²) < 4.78 is 0. The molecule has 0 aromatic carbocycles. The van der Waals surface area contributed by atoms with Gasteiger partial charge in [0.25, 0.3) is 0 Å². The van der Waals surface area contributed by atoms with Gasteiger partial charge in [0.05, 0.1) is 0 Å². The maximum Gasteiger partial charge on any atom is 0.00475 e. The van der Waals surface area contributed by atoms with Gasteiger partial charge in [-0.2, -0.15) is 0 Å². The van der Waals surface area contributed by atoms with Crippen LogP contribution >= 0.6 is 0 Å². The van der Waals surface area contributed by atoms with Gasteiger partial charge in [0.2, 0.25) is 0 Å². The van der Waals surface area contributed by atoms with E-state index >= 15 is 0 Å². The lowest BCUT2D eigenvalue weighted by molar-refractivity contribution is 0.153. The Morgan fingerprint density at radius 3 is 2.24 bits per heavy atom. The molecular weight excluding hydrogens is 208 g/mol. The number of nitrogens with one attached hydrogen (secondary N) is 1. The fraction of sp³-hybridized carbons (Fsp3) is 1.00. The van der Waals surface area contributed by atoms with Crippen LogP contribution in [0.3, 0.4) is 0 Å². The van der Waals surface area contributed by atoms with E-state index in [4.69, 9.17) is 0 Å². The first-order chi connectivity index (χ1) is 8.20. The average molecular weight is 240 g/mol. The largest absolute Gasteiger partial charge is 0.316 e. The summed E-state index contributed by atoms with van der Waals surface area (Å²) in [7, 11) is 0. The molecular formula is C15H32N2. The molecule has 0 bridgehead atoms. The van der Waals surface area contributed by atoms with Crippen LogP contribution in [0, 0.1) is 5.41 Å². The quantitative estimate of drug-likeness (QED) is 0.734. The van der Waals surface area contributed by atoms with Crippen LogP contribution < -0.4 is 5.32 Å². The molecule has 0 saturated carbocycles. The van der Waals surface area contributed by atoms with Crippen molar-refractivity contribution in [2.75, 3.05) is 32.7 Å². The first-order valence-electron chi connectivity index (χ1n) is 7.63. The zero-order chi connectivity index (χ0) is 12.6. The summed E-state index contributed by atoms with van der Waals surface area (Å²) in [5, 5.41) is 3.55. The van der Waals surface area contributed by atoms with Crippen molar-refractivity contribution >= 4 is 0 Å². The van der Waals surface area contributed by atoms with Crippen LogP contribution in [0.5, 0.6) is 0 Å². The van der Waals surface area contributed by atoms with Gasteiger partial charge >= 0.3 is 0 Å². The van der Waals surface area contributed by atoms with Gasteiger partial charge in [-0.05, 0) is 44.3 Å². The second kappa shape index (κ2) is 8.10. The Labute approximate surface area is 108 Å². The molecule has 17 heavy (non-hydrogen) atoms. The summed E-state index contributed by atoms with van der Waals surface area (Å²) in [6, 6.07) is 0. The second-order valence-electron chi connectivity index (χ2n) is 6.03. The Hall–Kier alpha value is -0.0800. The molecule has 2 nitrogen and oxygen atoms in total. The van der Waals surface area contributed by atoms with Gasteiger partial charge in [-0.15, -0.1) is 0 Å². The van der Waals surface area contributed by atoms with E-state index in [0.29, 0.717) is 5.41 Å². The standard InChI is InChI=1S/C15H32N2/c1-4-10-15(3,13-16-5-2)14-17-11-8-6-7-9-12-17/h16H,4-14H2,1-3H3. The van der Waals surface area contributed by atoms with E-state index in [1.54, 1.807) is 0 Å². The van der Waals surface area contributed by atoms with Crippen LogP contribution in [0.15, 0.2) is 0 Å². The predicted octanol–water partition coefficient (Wildman–Crippen LogP) is 3.28. The van der Waals surface area contributed by atoms with E-state index in [1.165, 1.54) is 64.7 Å². The van der Waals surface area contributed by atoms with Crippen LogP contribution in [0.2, 0.25) is 0 Å². The Kier molecular flexibility index (Phi) is 7.14. The molecule has 102 valence electrons. The molecule has 2 heteroatoms. The second-order valence-corrected chi connectivity index (χ2v) is 6.03. The molecule has 1 heterocycles. The third-order valence-electron chi connectivity index (χ3n) is 3.96. The molecule has 1 unspecified atom stereocenters. The molecule has 0 spiro atoms. The van der Waals surface area contributed by atoms with Gasteiger partial charge in [-0.1, -0.05) is 40.0 Å². The zero-order valence-electron chi connectivity index (χ0n) is 12.2. The third kappa shape index (κ3) is 5.87. The Morgan fingerprint density at radius 1 is 1.06 bits per heavy atom. The summed E-state index contributed by atoms with van der Waals surface area (Å²) in [6.45, 7) is 13.2. The predicted molar refractivity (Wildman–Crippen MR) is 76.5 cm³/mol. The monoisotopic (exact) mass is 240 g/mol. The van der Waals surface area contributed by atoms with Crippen molar-refractivity contribution in [2.45, 2.75) is 59.3 Å². The average Bonchev–Trinajstić information content (AvgIpc) is 2.55. The minimum atomic E-state index is 0.467. The third-order valence-corrected chi connectivity index (χ3v) is 3.96. The van der Waals surface area contributed by atoms with Crippen molar-refractivity contribution in [2.24, 2.45) is 5.41 Å². The van der Waals surface area contributed by atoms with E-state index in [2.05, 4.69) is 31.0 Å². The first-order valence-corrected chi connectivity index (χ1v) is 7.63. The normalized spacial score (nSPS) is 22.1. The number of rotatable bonds is 7. The van der Waals surface area contributed by atoms with E-state index in [1.807, 2.05) is 0 Å². The van der Waals surface area contributed by atoms with Gasteiger partial charge in [-0.25, -0.2) is 0 Å². The van der Waals surface area contributed by atoms with E-state index < -0.39 is 0 Å². The molecule has 0 aromatic rings. The molecule has 1 saturated heterocycles. The fourth-order valence-electron chi connectivity index (χ4n) is 3.09. The van der Waals surface area contributed by atoms with Crippen molar-refractivity contribution < 1.29 is 0 Å². The maximum absolute atomic E-state index is 3.55. The first kappa shape index (κ1) is 15.0. The number of hydrogen-bond donors (Lipinski definition) is 1. The topological polar surface area (TPSA) is 15.3 Å². The molecule has 1 atom stereocenters. The molecule has 0 amide bonds. The van der Waals surface area contributed by atoms with Gasteiger partial charge in [0.15, 0.2) is 0 Å². The molecule has 1 fully saturated rings. The van der Waals surface area contributed by atoms with Crippen LogP contribution in [0.1, 0.15) is 59.3 Å².